The molecule has 0 bridgehead atoms. The highest BCUT2D eigenvalue weighted by molar-refractivity contribution is 5.89. The predicted molar refractivity (Wildman–Crippen MR) is 89.5 cm³/mol. The summed E-state index contributed by atoms with van der Waals surface area (Å²) in [7, 11) is 0. The number of aliphatic hydroxyl groups excluding tert-OH is 1. The normalized spacial score (nSPS) is 10.8. The molecule has 0 amide bonds. The van der Waals surface area contributed by atoms with Crippen molar-refractivity contribution in [3.63, 3.8) is 0 Å². The summed E-state index contributed by atoms with van der Waals surface area (Å²) in [4.78, 5) is 20.3. The number of rotatable bonds is 4. The summed E-state index contributed by atoms with van der Waals surface area (Å²) in [5, 5.41) is 34.5. The Morgan fingerprint density at radius 2 is 1.46 bits per heavy atom. The summed E-state index contributed by atoms with van der Waals surface area (Å²) >= 11 is 0. The molecule has 0 saturated carbocycles. The van der Waals surface area contributed by atoms with E-state index in [9.17, 15) is 9.59 Å². The first-order valence-corrected chi connectivity index (χ1v) is 6.77. The number of carboxylic acid groups (broad SMARTS) is 2. The number of benzene rings is 2. The number of aliphatic carboxylic acids is 2. The van der Waals surface area contributed by atoms with Crippen LogP contribution in [0.3, 0.4) is 0 Å². The first kappa shape index (κ1) is 18.5. The molecule has 6 nitrogen and oxygen atoms in total. The Kier molecular flexibility index (Phi) is 7.30. The second kappa shape index (κ2) is 9.47. The van der Waals surface area contributed by atoms with Crippen LogP contribution in [0.4, 0.5) is 0 Å². The van der Waals surface area contributed by atoms with Gasteiger partial charge in [-0.2, -0.15) is 0 Å². The van der Waals surface area contributed by atoms with Gasteiger partial charge < -0.3 is 20.4 Å². The largest absolute Gasteiger partial charge is 0.508 e. The lowest BCUT2D eigenvalue weighted by molar-refractivity contribution is -0.135. The van der Waals surface area contributed by atoms with Crippen LogP contribution in [0.25, 0.3) is 12.2 Å². The zero-order valence-electron chi connectivity index (χ0n) is 12.5. The number of aromatic hydroxyl groups is 1. The van der Waals surface area contributed by atoms with Crippen LogP contribution in [0.2, 0.25) is 0 Å². The van der Waals surface area contributed by atoms with Gasteiger partial charge in [0, 0.05) is 6.08 Å². The van der Waals surface area contributed by atoms with Crippen LogP contribution in [-0.2, 0) is 9.59 Å². The number of carbonyl (C=O) groups is 2. The van der Waals surface area contributed by atoms with Crippen LogP contribution >= 0.6 is 0 Å². The van der Waals surface area contributed by atoms with Crippen LogP contribution in [0.15, 0.2) is 66.4 Å². The molecule has 6 heteroatoms. The SMILES string of the molecule is O=C(O)C(O)=Cc1ccccc1.O=C(O)C=Cc1cccc(O)c1. The van der Waals surface area contributed by atoms with E-state index in [1.807, 2.05) is 6.07 Å². The van der Waals surface area contributed by atoms with E-state index in [4.69, 9.17) is 20.4 Å². The summed E-state index contributed by atoms with van der Waals surface area (Å²) in [6, 6.07) is 15.1. The molecule has 0 spiro atoms. The van der Waals surface area contributed by atoms with Gasteiger partial charge in [-0.15, -0.1) is 0 Å². The van der Waals surface area contributed by atoms with E-state index in [0.29, 0.717) is 11.1 Å². The Balaban J connectivity index is 0.000000240. The molecule has 0 unspecified atom stereocenters. The fourth-order valence-electron chi connectivity index (χ4n) is 1.56. The molecule has 2 aromatic carbocycles. The Morgan fingerprint density at radius 3 is 2.00 bits per heavy atom. The molecule has 0 radical (unpaired) electrons. The lowest BCUT2D eigenvalue weighted by Gasteiger charge is -1.92. The molecule has 0 heterocycles. The third kappa shape index (κ3) is 7.46. The molecule has 2 rings (SSSR count). The van der Waals surface area contributed by atoms with Crippen molar-refractivity contribution in [2.75, 3.05) is 0 Å². The smallest absolute Gasteiger partial charge is 0.370 e. The van der Waals surface area contributed by atoms with Gasteiger partial charge in [-0.3, -0.25) is 0 Å². The summed E-state index contributed by atoms with van der Waals surface area (Å²) in [6.45, 7) is 0. The summed E-state index contributed by atoms with van der Waals surface area (Å²) < 4.78 is 0. The highest BCUT2D eigenvalue weighted by atomic mass is 16.4. The lowest BCUT2D eigenvalue weighted by atomic mass is 10.2. The number of phenolic OH excluding ortho intramolecular Hbond substituents is 1. The van der Waals surface area contributed by atoms with Crippen LogP contribution in [0.1, 0.15) is 11.1 Å². The van der Waals surface area contributed by atoms with Gasteiger partial charge in [0.2, 0.25) is 5.76 Å². The molecule has 0 aliphatic rings. The van der Waals surface area contributed by atoms with Crippen molar-refractivity contribution >= 4 is 24.1 Å². The maximum absolute atomic E-state index is 10.2. The maximum atomic E-state index is 10.2. The van der Waals surface area contributed by atoms with Gasteiger partial charge in [-0.25, -0.2) is 9.59 Å². The molecular formula is C18H16O6. The zero-order valence-corrected chi connectivity index (χ0v) is 12.5. The number of aliphatic hydroxyl groups is 1. The summed E-state index contributed by atoms with van der Waals surface area (Å²) in [5.74, 6) is -2.85. The molecule has 0 aliphatic carbocycles. The first-order valence-electron chi connectivity index (χ1n) is 6.77. The monoisotopic (exact) mass is 328 g/mol. The molecule has 0 aromatic heterocycles. The van der Waals surface area contributed by atoms with E-state index in [1.165, 1.54) is 24.3 Å². The average Bonchev–Trinajstić information content (AvgIpc) is 2.54. The molecule has 2 aromatic rings. The topological polar surface area (TPSA) is 115 Å². The molecule has 0 aliphatic heterocycles. The van der Waals surface area contributed by atoms with E-state index in [0.717, 1.165) is 6.08 Å². The highest BCUT2D eigenvalue weighted by Crippen LogP contribution is 2.11. The van der Waals surface area contributed by atoms with E-state index < -0.39 is 17.7 Å². The van der Waals surface area contributed by atoms with Gasteiger partial charge in [0.05, 0.1) is 0 Å². The fourth-order valence-corrected chi connectivity index (χ4v) is 1.56. The minimum atomic E-state index is -1.32. The Morgan fingerprint density at radius 1 is 0.833 bits per heavy atom. The van der Waals surface area contributed by atoms with Gasteiger partial charge in [-0.05, 0) is 35.4 Å². The Hall–Kier alpha value is -3.54. The Labute approximate surface area is 138 Å². The van der Waals surface area contributed by atoms with Gasteiger partial charge in [0.1, 0.15) is 5.75 Å². The van der Waals surface area contributed by atoms with Crippen molar-refractivity contribution in [1.29, 1.82) is 0 Å². The van der Waals surface area contributed by atoms with Crippen LogP contribution < -0.4 is 0 Å². The quantitative estimate of drug-likeness (QED) is 0.506. The molecular weight excluding hydrogens is 312 g/mol. The van der Waals surface area contributed by atoms with Gasteiger partial charge in [-0.1, -0.05) is 42.5 Å². The highest BCUT2D eigenvalue weighted by Gasteiger charge is 2.02. The number of hydrogen-bond acceptors (Lipinski definition) is 4. The molecule has 124 valence electrons. The zero-order chi connectivity index (χ0) is 17.9. The second-order valence-corrected chi connectivity index (χ2v) is 4.51. The summed E-state index contributed by atoms with van der Waals surface area (Å²) in [5.41, 5.74) is 1.33. The van der Waals surface area contributed by atoms with Gasteiger partial charge >= 0.3 is 11.9 Å². The van der Waals surface area contributed by atoms with Crippen LogP contribution in [0, 0.1) is 0 Å². The van der Waals surface area contributed by atoms with E-state index in [-0.39, 0.29) is 5.75 Å². The third-order valence-corrected chi connectivity index (χ3v) is 2.61. The van der Waals surface area contributed by atoms with Gasteiger partial charge in [0.15, 0.2) is 0 Å². The minimum Gasteiger partial charge on any atom is -0.508 e. The van der Waals surface area contributed by atoms with Crippen molar-refractivity contribution in [2.45, 2.75) is 0 Å². The summed E-state index contributed by atoms with van der Waals surface area (Å²) in [6.07, 6.45) is 3.64. The van der Waals surface area contributed by atoms with Gasteiger partial charge in [0.25, 0.3) is 0 Å². The van der Waals surface area contributed by atoms with Crippen molar-refractivity contribution in [2.24, 2.45) is 0 Å². The molecule has 0 atom stereocenters. The number of hydrogen-bond donors (Lipinski definition) is 4. The van der Waals surface area contributed by atoms with Crippen molar-refractivity contribution in [1.82, 2.24) is 0 Å². The molecule has 24 heavy (non-hydrogen) atoms. The second-order valence-electron chi connectivity index (χ2n) is 4.51. The third-order valence-electron chi connectivity index (χ3n) is 2.61. The lowest BCUT2D eigenvalue weighted by Crippen LogP contribution is -1.98. The van der Waals surface area contributed by atoms with E-state index in [2.05, 4.69) is 0 Å². The Bertz CT molecular complexity index is 747. The fraction of sp³-hybridized carbons (Fsp3) is 0. The van der Waals surface area contributed by atoms with Crippen molar-refractivity contribution in [3.8, 4) is 5.75 Å². The van der Waals surface area contributed by atoms with Crippen molar-refractivity contribution in [3.05, 3.63) is 77.6 Å². The predicted octanol–water partition coefficient (Wildman–Crippen LogP) is 3.16. The number of phenols is 1. The van der Waals surface area contributed by atoms with Crippen molar-refractivity contribution < 1.29 is 30.0 Å². The first-order chi connectivity index (χ1) is 11.4. The molecule has 0 fully saturated rings. The maximum Gasteiger partial charge on any atom is 0.370 e. The molecule has 0 saturated heterocycles. The number of carboxylic acids is 2. The van der Waals surface area contributed by atoms with E-state index in [1.54, 1.807) is 36.4 Å². The van der Waals surface area contributed by atoms with Crippen LogP contribution in [-0.4, -0.2) is 32.4 Å². The standard InChI is InChI=1S/2C9H8O3/c10-8-3-1-2-7(6-8)4-5-9(11)12;10-8(9(11)12)6-7-4-2-1-3-5-7/h2*1-6,10H,(H,11,12). The molecule has 4 N–H and O–H groups in total. The minimum absolute atomic E-state index is 0.127. The van der Waals surface area contributed by atoms with Crippen LogP contribution in [0.5, 0.6) is 5.75 Å². The van der Waals surface area contributed by atoms with E-state index >= 15 is 0 Å². The average molecular weight is 328 g/mol.